The lowest BCUT2D eigenvalue weighted by atomic mass is 10.1. The maximum atomic E-state index is 13.0. The van der Waals surface area contributed by atoms with Crippen molar-refractivity contribution in [3.8, 4) is 0 Å². The van der Waals surface area contributed by atoms with Crippen LogP contribution < -0.4 is 10.5 Å². The fourth-order valence-corrected chi connectivity index (χ4v) is 3.85. The number of halogens is 2. The fraction of sp³-hybridized carbons (Fsp3) is 0.143. The Hall–Kier alpha value is -1.44. The standard InChI is InChI=1S/C14H14BrFN2O2S/c15-13-5-4-12(17)9-14(13)21(19,20)18-7-6-10-2-1-3-11(16)8-10/h1-5,8-9,18H,6-7,17H2. The smallest absolute Gasteiger partial charge is 0.241 e. The molecule has 0 fully saturated rings. The van der Waals surface area contributed by atoms with Crippen LogP contribution in [0.1, 0.15) is 5.56 Å². The molecule has 7 heteroatoms. The van der Waals surface area contributed by atoms with Gasteiger partial charge in [0.05, 0.1) is 4.90 Å². The molecule has 0 saturated heterocycles. The molecule has 2 rings (SSSR count). The number of rotatable bonds is 5. The third kappa shape index (κ3) is 4.26. The molecule has 0 aliphatic heterocycles. The largest absolute Gasteiger partial charge is 0.399 e. The first-order chi connectivity index (χ1) is 9.88. The van der Waals surface area contributed by atoms with Crippen LogP contribution in [-0.4, -0.2) is 15.0 Å². The third-order valence-electron chi connectivity index (χ3n) is 2.84. The van der Waals surface area contributed by atoms with Gasteiger partial charge in [0, 0.05) is 16.7 Å². The molecular formula is C14H14BrFN2O2S. The normalized spacial score (nSPS) is 11.5. The summed E-state index contributed by atoms with van der Waals surface area (Å²) in [6, 6.07) is 10.6. The van der Waals surface area contributed by atoms with Crippen LogP contribution in [0.25, 0.3) is 0 Å². The molecule has 3 N–H and O–H groups in total. The Morgan fingerprint density at radius 3 is 2.67 bits per heavy atom. The fourth-order valence-electron chi connectivity index (χ4n) is 1.83. The van der Waals surface area contributed by atoms with E-state index in [2.05, 4.69) is 20.7 Å². The van der Waals surface area contributed by atoms with E-state index in [9.17, 15) is 12.8 Å². The van der Waals surface area contributed by atoms with Crippen LogP contribution in [0, 0.1) is 5.82 Å². The second-order valence-electron chi connectivity index (χ2n) is 4.47. The molecule has 21 heavy (non-hydrogen) atoms. The number of nitrogens with one attached hydrogen (secondary N) is 1. The predicted molar refractivity (Wildman–Crippen MR) is 83.8 cm³/mol. The molecular weight excluding hydrogens is 359 g/mol. The second-order valence-corrected chi connectivity index (χ2v) is 7.06. The zero-order valence-corrected chi connectivity index (χ0v) is 13.4. The maximum Gasteiger partial charge on any atom is 0.241 e. The van der Waals surface area contributed by atoms with Gasteiger partial charge in [-0.3, -0.25) is 0 Å². The molecule has 0 heterocycles. The van der Waals surface area contributed by atoms with E-state index in [4.69, 9.17) is 5.73 Å². The van der Waals surface area contributed by atoms with Crippen LogP contribution >= 0.6 is 15.9 Å². The Labute approximate surface area is 131 Å². The van der Waals surface area contributed by atoms with Crippen molar-refractivity contribution in [2.75, 3.05) is 12.3 Å². The number of nitrogen functional groups attached to an aromatic ring is 1. The Morgan fingerprint density at radius 2 is 1.95 bits per heavy atom. The van der Waals surface area contributed by atoms with Crippen LogP contribution in [-0.2, 0) is 16.4 Å². The van der Waals surface area contributed by atoms with Crippen LogP contribution in [0.5, 0.6) is 0 Å². The summed E-state index contributed by atoms with van der Waals surface area (Å²) in [5.74, 6) is -0.339. The molecule has 0 saturated carbocycles. The average molecular weight is 373 g/mol. The molecule has 0 aliphatic rings. The van der Waals surface area contributed by atoms with Crippen molar-refractivity contribution in [1.82, 2.24) is 4.72 Å². The summed E-state index contributed by atoms with van der Waals surface area (Å²) in [4.78, 5) is 0.0849. The highest BCUT2D eigenvalue weighted by molar-refractivity contribution is 9.10. The highest BCUT2D eigenvalue weighted by atomic mass is 79.9. The molecule has 4 nitrogen and oxygen atoms in total. The molecule has 2 aromatic rings. The van der Waals surface area contributed by atoms with E-state index in [1.807, 2.05) is 0 Å². The van der Waals surface area contributed by atoms with Gasteiger partial charge in [-0.05, 0) is 58.2 Å². The zero-order chi connectivity index (χ0) is 15.5. The van der Waals surface area contributed by atoms with E-state index in [-0.39, 0.29) is 17.3 Å². The van der Waals surface area contributed by atoms with Crippen molar-refractivity contribution in [3.63, 3.8) is 0 Å². The summed E-state index contributed by atoms with van der Waals surface area (Å²) in [6.07, 6.45) is 0.400. The molecule has 0 atom stereocenters. The zero-order valence-electron chi connectivity index (χ0n) is 11.0. The lowest BCUT2D eigenvalue weighted by molar-refractivity contribution is 0.581. The number of benzene rings is 2. The van der Waals surface area contributed by atoms with Gasteiger partial charge in [0.15, 0.2) is 0 Å². The summed E-state index contributed by atoms with van der Waals surface area (Å²) >= 11 is 3.19. The SMILES string of the molecule is Nc1ccc(Br)c(S(=O)(=O)NCCc2cccc(F)c2)c1. The van der Waals surface area contributed by atoms with Gasteiger partial charge in [-0.2, -0.15) is 0 Å². The number of sulfonamides is 1. The molecule has 2 aromatic carbocycles. The molecule has 0 unspecified atom stereocenters. The van der Waals surface area contributed by atoms with Crippen molar-refractivity contribution >= 4 is 31.6 Å². The van der Waals surface area contributed by atoms with Gasteiger partial charge in [0.1, 0.15) is 5.82 Å². The molecule has 0 aromatic heterocycles. The van der Waals surface area contributed by atoms with E-state index >= 15 is 0 Å². The van der Waals surface area contributed by atoms with Gasteiger partial charge >= 0.3 is 0 Å². The van der Waals surface area contributed by atoms with E-state index in [0.717, 1.165) is 5.56 Å². The van der Waals surface area contributed by atoms with Crippen LogP contribution in [0.2, 0.25) is 0 Å². The molecule has 112 valence electrons. The average Bonchev–Trinajstić information content (AvgIpc) is 2.41. The first-order valence-electron chi connectivity index (χ1n) is 6.17. The van der Waals surface area contributed by atoms with Crippen molar-refractivity contribution in [1.29, 1.82) is 0 Å². The number of nitrogens with two attached hydrogens (primary N) is 1. The van der Waals surface area contributed by atoms with Crippen molar-refractivity contribution < 1.29 is 12.8 Å². The van der Waals surface area contributed by atoms with Gasteiger partial charge in [-0.25, -0.2) is 17.5 Å². The molecule has 0 amide bonds. The van der Waals surface area contributed by atoms with Crippen molar-refractivity contribution in [3.05, 3.63) is 58.3 Å². The predicted octanol–water partition coefficient (Wildman–Crippen LogP) is 2.69. The lowest BCUT2D eigenvalue weighted by Gasteiger charge is -2.09. The second kappa shape index (κ2) is 6.55. The van der Waals surface area contributed by atoms with Crippen molar-refractivity contribution in [2.24, 2.45) is 0 Å². The summed E-state index contributed by atoms with van der Waals surface area (Å²) < 4.78 is 40.3. The van der Waals surface area contributed by atoms with Gasteiger partial charge in [-0.15, -0.1) is 0 Å². The number of hydrogen-bond donors (Lipinski definition) is 2. The van der Waals surface area contributed by atoms with Gasteiger partial charge in [0.2, 0.25) is 10.0 Å². The molecule has 0 bridgehead atoms. The minimum Gasteiger partial charge on any atom is -0.399 e. The quantitative estimate of drug-likeness (QED) is 0.792. The summed E-state index contributed by atoms with van der Waals surface area (Å²) in [5, 5.41) is 0. The van der Waals surface area contributed by atoms with E-state index < -0.39 is 10.0 Å². The minimum absolute atomic E-state index is 0.0849. The Balaban J connectivity index is 2.06. The topological polar surface area (TPSA) is 72.2 Å². The van der Waals surface area contributed by atoms with Crippen LogP contribution in [0.3, 0.4) is 0 Å². The Morgan fingerprint density at radius 1 is 1.19 bits per heavy atom. The lowest BCUT2D eigenvalue weighted by Crippen LogP contribution is -2.26. The highest BCUT2D eigenvalue weighted by Crippen LogP contribution is 2.23. The van der Waals surface area contributed by atoms with E-state index in [1.54, 1.807) is 24.3 Å². The molecule has 0 spiro atoms. The first-order valence-corrected chi connectivity index (χ1v) is 8.45. The van der Waals surface area contributed by atoms with Gasteiger partial charge in [0.25, 0.3) is 0 Å². The summed E-state index contributed by atoms with van der Waals surface area (Å²) in [7, 11) is -3.66. The Bertz CT molecular complexity index is 750. The minimum atomic E-state index is -3.66. The number of anilines is 1. The van der Waals surface area contributed by atoms with Crippen LogP contribution in [0.4, 0.5) is 10.1 Å². The summed E-state index contributed by atoms with van der Waals surface area (Å²) in [5.41, 5.74) is 6.70. The summed E-state index contributed by atoms with van der Waals surface area (Å²) in [6.45, 7) is 0.174. The molecule has 0 aliphatic carbocycles. The first kappa shape index (κ1) is 15.9. The maximum absolute atomic E-state index is 13.0. The van der Waals surface area contributed by atoms with E-state index in [1.165, 1.54) is 18.2 Å². The van der Waals surface area contributed by atoms with Gasteiger partial charge < -0.3 is 5.73 Å². The monoisotopic (exact) mass is 372 g/mol. The Kier molecular flexibility index (Phi) is 4.97. The third-order valence-corrected chi connectivity index (χ3v) is 5.29. The molecule has 0 radical (unpaired) electrons. The van der Waals surface area contributed by atoms with Crippen molar-refractivity contribution in [2.45, 2.75) is 11.3 Å². The van der Waals surface area contributed by atoms with E-state index in [0.29, 0.717) is 16.6 Å². The number of hydrogen-bond acceptors (Lipinski definition) is 3. The van der Waals surface area contributed by atoms with Gasteiger partial charge in [-0.1, -0.05) is 12.1 Å². The highest BCUT2D eigenvalue weighted by Gasteiger charge is 2.17. The van der Waals surface area contributed by atoms with Crippen LogP contribution in [0.15, 0.2) is 51.8 Å².